The molecule has 2 aliphatic rings. The number of allylic oxidation sites excluding steroid dienone is 1. The average molecular weight is 562 g/mol. The molecular formula is C28H21BrN2O2S2. The molecule has 0 saturated carbocycles. The van der Waals surface area contributed by atoms with Gasteiger partial charge in [-0.3, -0.25) is 9.36 Å². The van der Waals surface area contributed by atoms with E-state index < -0.39 is 0 Å². The van der Waals surface area contributed by atoms with Gasteiger partial charge in [0.05, 0.1) is 20.7 Å². The number of aryl methyl sites for hydroxylation is 1. The van der Waals surface area contributed by atoms with Crippen molar-refractivity contribution in [1.82, 2.24) is 4.57 Å². The molecule has 0 spiro atoms. The van der Waals surface area contributed by atoms with Crippen LogP contribution in [0.3, 0.4) is 0 Å². The maximum atomic E-state index is 13.8. The Morgan fingerprint density at radius 1 is 1.17 bits per heavy atom. The molecule has 2 aromatic heterocycles. The summed E-state index contributed by atoms with van der Waals surface area (Å²) in [6, 6.07) is 18.4. The van der Waals surface area contributed by atoms with Gasteiger partial charge in [0.25, 0.3) is 5.56 Å². The zero-order valence-electron chi connectivity index (χ0n) is 18.7. The molecule has 3 heterocycles. The van der Waals surface area contributed by atoms with Gasteiger partial charge in [0.15, 0.2) is 4.80 Å². The van der Waals surface area contributed by atoms with Gasteiger partial charge in [-0.1, -0.05) is 60.4 Å². The zero-order valence-corrected chi connectivity index (χ0v) is 22.0. The van der Waals surface area contributed by atoms with E-state index in [0.717, 1.165) is 39.1 Å². The second-order valence-electron chi connectivity index (χ2n) is 8.42. The quantitative estimate of drug-likeness (QED) is 0.293. The molecule has 0 radical (unpaired) electrons. The van der Waals surface area contributed by atoms with Gasteiger partial charge < -0.3 is 4.74 Å². The Morgan fingerprint density at radius 3 is 2.86 bits per heavy atom. The fourth-order valence-electron chi connectivity index (χ4n) is 4.74. The SMILES string of the molecule is C=CCOc1ccc(C=c2sc3n(c2=O)C(c2cccs2)C2=C(N=3)c3ccccc3CC2)cc1Br. The predicted octanol–water partition coefficient (Wildman–Crippen LogP) is 5.71. The fourth-order valence-corrected chi connectivity index (χ4v) is 7.10. The number of aromatic nitrogens is 1. The first-order chi connectivity index (χ1) is 17.1. The second-order valence-corrected chi connectivity index (χ2v) is 11.3. The monoisotopic (exact) mass is 560 g/mol. The molecule has 0 saturated heterocycles. The topological polar surface area (TPSA) is 43.6 Å². The van der Waals surface area contributed by atoms with Gasteiger partial charge in [0.1, 0.15) is 12.4 Å². The maximum absolute atomic E-state index is 13.8. The Bertz CT molecular complexity index is 1660. The number of halogens is 1. The van der Waals surface area contributed by atoms with Crippen LogP contribution in [0.5, 0.6) is 5.75 Å². The number of hydrogen-bond acceptors (Lipinski definition) is 5. The van der Waals surface area contributed by atoms with Crippen molar-refractivity contribution in [1.29, 1.82) is 0 Å². The molecule has 1 aliphatic heterocycles. The Hall–Kier alpha value is -3.00. The summed E-state index contributed by atoms with van der Waals surface area (Å²) in [4.78, 5) is 20.7. The molecule has 174 valence electrons. The fraction of sp³-hybridized carbons (Fsp3) is 0.143. The summed E-state index contributed by atoms with van der Waals surface area (Å²) in [5.74, 6) is 0.743. The highest BCUT2D eigenvalue weighted by Crippen LogP contribution is 2.42. The lowest BCUT2D eigenvalue weighted by Gasteiger charge is -2.30. The van der Waals surface area contributed by atoms with Crippen LogP contribution in [0.4, 0.5) is 0 Å². The third kappa shape index (κ3) is 3.97. The highest BCUT2D eigenvalue weighted by Gasteiger charge is 2.32. The van der Waals surface area contributed by atoms with Crippen molar-refractivity contribution in [3.63, 3.8) is 0 Å². The normalized spacial score (nSPS) is 16.8. The van der Waals surface area contributed by atoms with Crippen LogP contribution in [0.15, 0.2) is 92.5 Å². The first-order valence-electron chi connectivity index (χ1n) is 11.3. The summed E-state index contributed by atoms with van der Waals surface area (Å²) in [5, 5.41) is 2.08. The van der Waals surface area contributed by atoms with E-state index in [1.54, 1.807) is 17.4 Å². The molecule has 35 heavy (non-hydrogen) atoms. The molecule has 7 heteroatoms. The van der Waals surface area contributed by atoms with Gasteiger partial charge in [0.2, 0.25) is 0 Å². The summed E-state index contributed by atoms with van der Waals surface area (Å²) in [7, 11) is 0. The van der Waals surface area contributed by atoms with Gasteiger partial charge in [-0.25, -0.2) is 4.99 Å². The number of thiazole rings is 1. The predicted molar refractivity (Wildman–Crippen MR) is 147 cm³/mol. The first kappa shape index (κ1) is 22.5. The average Bonchev–Trinajstić information content (AvgIpc) is 3.51. The van der Waals surface area contributed by atoms with E-state index in [2.05, 4.69) is 64.3 Å². The van der Waals surface area contributed by atoms with Crippen LogP contribution in [0.1, 0.15) is 34.0 Å². The molecular weight excluding hydrogens is 540 g/mol. The minimum absolute atomic E-state index is 0.000616. The number of fused-ring (bicyclic) bond motifs is 3. The van der Waals surface area contributed by atoms with E-state index in [4.69, 9.17) is 9.73 Å². The molecule has 0 amide bonds. The third-order valence-corrected chi connectivity index (χ3v) is 8.82. The van der Waals surface area contributed by atoms with Crippen molar-refractivity contribution in [3.05, 3.63) is 124 Å². The Labute approximate surface area is 219 Å². The lowest BCUT2D eigenvalue weighted by atomic mass is 9.85. The Kier molecular flexibility index (Phi) is 5.92. The number of thiophene rings is 1. The minimum atomic E-state index is -0.113. The molecule has 0 fully saturated rings. The van der Waals surface area contributed by atoms with Crippen molar-refractivity contribution in [3.8, 4) is 5.75 Å². The third-order valence-electron chi connectivity index (χ3n) is 6.30. The van der Waals surface area contributed by atoms with Crippen molar-refractivity contribution < 1.29 is 4.74 Å². The van der Waals surface area contributed by atoms with E-state index in [1.807, 2.05) is 28.8 Å². The van der Waals surface area contributed by atoms with E-state index in [9.17, 15) is 4.79 Å². The summed E-state index contributed by atoms with van der Waals surface area (Å²) in [6.07, 6.45) is 5.52. The molecule has 6 rings (SSSR count). The summed E-state index contributed by atoms with van der Waals surface area (Å²) in [6.45, 7) is 4.13. The Balaban J connectivity index is 1.52. The van der Waals surface area contributed by atoms with Crippen LogP contribution in [-0.2, 0) is 6.42 Å². The largest absolute Gasteiger partial charge is 0.488 e. The standard InChI is InChI=1S/C28H21BrN2O2S2/c1-2-13-33-22-12-9-17(15-21(22)29)16-24-27(32)31-26(23-8-5-14-34-23)20-11-10-18-6-3-4-7-19(18)25(20)30-28(31)35-24/h2-9,12,14-16,26H,1,10-11,13H2. The molecule has 4 nitrogen and oxygen atoms in total. The van der Waals surface area contributed by atoms with Crippen LogP contribution < -0.4 is 19.6 Å². The number of benzene rings is 2. The van der Waals surface area contributed by atoms with Crippen LogP contribution in [0, 0.1) is 0 Å². The molecule has 0 N–H and O–H groups in total. The summed E-state index contributed by atoms with van der Waals surface area (Å²) < 4.78 is 9.06. The summed E-state index contributed by atoms with van der Waals surface area (Å²) in [5.41, 5.74) is 5.70. The van der Waals surface area contributed by atoms with Gasteiger partial charge in [-0.15, -0.1) is 11.3 Å². The smallest absolute Gasteiger partial charge is 0.271 e. The van der Waals surface area contributed by atoms with Crippen molar-refractivity contribution in [2.45, 2.75) is 18.9 Å². The van der Waals surface area contributed by atoms with Gasteiger partial charge in [0, 0.05) is 10.4 Å². The van der Waals surface area contributed by atoms with Crippen molar-refractivity contribution in [2.75, 3.05) is 6.61 Å². The molecule has 4 aromatic rings. The lowest BCUT2D eigenvalue weighted by molar-refractivity contribution is 0.361. The van der Waals surface area contributed by atoms with Crippen LogP contribution in [0.2, 0.25) is 0 Å². The van der Waals surface area contributed by atoms with Crippen LogP contribution >= 0.6 is 38.6 Å². The van der Waals surface area contributed by atoms with Crippen LogP contribution in [0.25, 0.3) is 11.8 Å². The molecule has 1 atom stereocenters. The zero-order chi connectivity index (χ0) is 23.9. The van der Waals surface area contributed by atoms with E-state index >= 15 is 0 Å². The minimum Gasteiger partial charge on any atom is -0.488 e. The van der Waals surface area contributed by atoms with E-state index in [1.165, 1.54) is 32.9 Å². The number of ether oxygens (including phenoxy) is 1. The number of rotatable bonds is 5. The Morgan fingerprint density at radius 2 is 2.06 bits per heavy atom. The van der Waals surface area contributed by atoms with Gasteiger partial charge in [-0.05, 0) is 75.1 Å². The van der Waals surface area contributed by atoms with E-state index in [0.29, 0.717) is 11.1 Å². The molecule has 0 bridgehead atoms. The van der Waals surface area contributed by atoms with Gasteiger partial charge >= 0.3 is 0 Å². The van der Waals surface area contributed by atoms with Crippen molar-refractivity contribution >= 4 is 50.4 Å². The highest BCUT2D eigenvalue weighted by molar-refractivity contribution is 9.10. The lowest BCUT2D eigenvalue weighted by Crippen LogP contribution is -2.38. The van der Waals surface area contributed by atoms with Crippen LogP contribution in [-0.4, -0.2) is 11.2 Å². The summed E-state index contributed by atoms with van der Waals surface area (Å²) >= 11 is 6.72. The van der Waals surface area contributed by atoms with Gasteiger partial charge in [-0.2, -0.15) is 0 Å². The molecule has 1 unspecified atom stereocenters. The second kappa shape index (κ2) is 9.22. The first-order valence-corrected chi connectivity index (χ1v) is 13.8. The maximum Gasteiger partial charge on any atom is 0.271 e. The van der Waals surface area contributed by atoms with Crippen molar-refractivity contribution in [2.24, 2.45) is 4.99 Å². The van der Waals surface area contributed by atoms with E-state index in [-0.39, 0.29) is 11.6 Å². The highest BCUT2D eigenvalue weighted by atomic mass is 79.9. The molecule has 2 aromatic carbocycles. The number of nitrogens with zero attached hydrogens (tertiary/aromatic N) is 2. The number of hydrogen-bond donors (Lipinski definition) is 0. The molecule has 1 aliphatic carbocycles.